The topological polar surface area (TPSA) is 46.0 Å². The first-order valence-corrected chi connectivity index (χ1v) is 7.75. The Morgan fingerprint density at radius 2 is 2.15 bits per heavy atom. The fourth-order valence-corrected chi connectivity index (χ4v) is 2.37. The Kier molecular flexibility index (Phi) is 5.16. The van der Waals surface area contributed by atoms with Crippen molar-refractivity contribution in [3.05, 3.63) is 11.9 Å². The predicted octanol–water partition coefficient (Wildman–Crippen LogP) is 1.90. The standard InChI is InChI=1S/C15H29N5/c1-15(2,3)16-10-14-12-20(18-17-14)9-8-19(4)11-13-6-5-7-13/h12-13,16H,5-11H2,1-4H3. The van der Waals surface area contributed by atoms with E-state index in [1.165, 1.54) is 25.8 Å². The summed E-state index contributed by atoms with van der Waals surface area (Å²) in [4.78, 5) is 2.42. The summed E-state index contributed by atoms with van der Waals surface area (Å²) >= 11 is 0. The molecule has 0 amide bonds. The summed E-state index contributed by atoms with van der Waals surface area (Å²) < 4.78 is 1.96. The van der Waals surface area contributed by atoms with Gasteiger partial charge >= 0.3 is 0 Å². The molecule has 0 bridgehead atoms. The Bertz CT molecular complexity index is 403. The van der Waals surface area contributed by atoms with E-state index in [0.29, 0.717) is 0 Å². The molecule has 0 atom stereocenters. The minimum absolute atomic E-state index is 0.118. The van der Waals surface area contributed by atoms with Crippen molar-refractivity contribution in [1.82, 2.24) is 25.2 Å². The number of nitrogens with one attached hydrogen (secondary N) is 1. The summed E-state index contributed by atoms with van der Waals surface area (Å²) in [5, 5.41) is 11.9. The molecule has 0 aromatic carbocycles. The molecule has 1 aliphatic rings. The molecular formula is C15H29N5. The molecule has 0 saturated heterocycles. The van der Waals surface area contributed by atoms with Crippen molar-refractivity contribution in [3.8, 4) is 0 Å². The quantitative estimate of drug-likeness (QED) is 0.828. The molecule has 1 saturated carbocycles. The van der Waals surface area contributed by atoms with Gasteiger partial charge in [-0.2, -0.15) is 0 Å². The van der Waals surface area contributed by atoms with Crippen molar-refractivity contribution in [2.45, 2.75) is 58.7 Å². The van der Waals surface area contributed by atoms with E-state index in [-0.39, 0.29) is 5.54 Å². The molecule has 0 unspecified atom stereocenters. The van der Waals surface area contributed by atoms with Gasteiger partial charge in [0.25, 0.3) is 0 Å². The van der Waals surface area contributed by atoms with Crippen LogP contribution in [0.1, 0.15) is 45.7 Å². The molecule has 20 heavy (non-hydrogen) atoms. The monoisotopic (exact) mass is 279 g/mol. The second-order valence-electron chi connectivity index (χ2n) is 7.14. The molecule has 1 heterocycles. The second kappa shape index (κ2) is 6.68. The fraction of sp³-hybridized carbons (Fsp3) is 0.867. The zero-order valence-electron chi connectivity index (χ0n) is 13.4. The molecule has 1 fully saturated rings. The Morgan fingerprint density at radius 1 is 1.40 bits per heavy atom. The van der Waals surface area contributed by atoms with Crippen LogP contribution in [0.5, 0.6) is 0 Å². The number of likely N-dealkylation sites (N-methyl/N-ethyl adjacent to an activating group) is 1. The summed E-state index contributed by atoms with van der Waals surface area (Å²) in [6.45, 7) is 10.5. The van der Waals surface area contributed by atoms with Gasteiger partial charge in [0, 0.05) is 31.4 Å². The number of aromatic nitrogens is 3. The van der Waals surface area contributed by atoms with Crippen LogP contribution in [0.25, 0.3) is 0 Å². The van der Waals surface area contributed by atoms with Gasteiger partial charge in [-0.25, -0.2) is 0 Å². The van der Waals surface area contributed by atoms with Crippen LogP contribution in [0, 0.1) is 5.92 Å². The summed E-state index contributed by atoms with van der Waals surface area (Å²) in [5.41, 5.74) is 1.13. The Balaban J connectivity index is 1.69. The van der Waals surface area contributed by atoms with Crippen LogP contribution >= 0.6 is 0 Å². The number of hydrogen-bond acceptors (Lipinski definition) is 4. The zero-order valence-corrected chi connectivity index (χ0v) is 13.4. The van der Waals surface area contributed by atoms with Crippen molar-refractivity contribution >= 4 is 0 Å². The Morgan fingerprint density at radius 3 is 2.75 bits per heavy atom. The average Bonchev–Trinajstić information content (AvgIpc) is 2.76. The van der Waals surface area contributed by atoms with Gasteiger partial charge in [0.1, 0.15) is 0 Å². The van der Waals surface area contributed by atoms with E-state index in [1.54, 1.807) is 0 Å². The van der Waals surface area contributed by atoms with Crippen molar-refractivity contribution < 1.29 is 0 Å². The van der Waals surface area contributed by atoms with E-state index >= 15 is 0 Å². The lowest BCUT2D eigenvalue weighted by atomic mass is 9.85. The van der Waals surface area contributed by atoms with Crippen molar-refractivity contribution in [2.75, 3.05) is 20.1 Å². The highest BCUT2D eigenvalue weighted by Crippen LogP contribution is 2.26. The van der Waals surface area contributed by atoms with Gasteiger partial charge in [-0.15, -0.1) is 5.10 Å². The van der Waals surface area contributed by atoms with Gasteiger partial charge < -0.3 is 10.2 Å². The molecule has 5 heteroatoms. The highest BCUT2D eigenvalue weighted by molar-refractivity contribution is 4.93. The molecule has 2 rings (SSSR count). The minimum Gasteiger partial charge on any atom is -0.306 e. The van der Waals surface area contributed by atoms with Crippen LogP contribution in [-0.2, 0) is 13.1 Å². The van der Waals surface area contributed by atoms with Crippen molar-refractivity contribution in [3.63, 3.8) is 0 Å². The summed E-state index contributed by atoms with van der Waals surface area (Å²) in [6, 6.07) is 0. The van der Waals surface area contributed by atoms with E-state index < -0.39 is 0 Å². The van der Waals surface area contributed by atoms with E-state index in [2.05, 4.69) is 54.5 Å². The molecule has 0 spiro atoms. The molecule has 1 aliphatic carbocycles. The maximum atomic E-state index is 4.22. The molecule has 1 aromatic heterocycles. The van der Waals surface area contributed by atoms with Gasteiger partial charge in [-0.1, -0.05) is 11.6 Å². The van der Waals surface area contributed by atoms with E-state index in [9.17, 15) is 0 Å². The first kappa shape index (κ1) is 15.4. The Labute approximate surface area is 122 Å². The summed E-state index contributed by atoms with van der Waals surface area (Å²) in [7, 11) is 2.21. The third-order valence-corrected chi connectivity index (χ3v) is 3.89. The van der Waals surface area contributed by atoms with E-state index in [1.807, 2.05) is 4.68 Å². The molecule has 114 valence electrons. The van der Waals surface area contributed by atoms with Crippen LogP contribution in [-0.4, -0.2) is 45.6 Å². The highest BCUT2D eigenvalue weighted by Gasteiger charge is 2.18. The van der Waals surface area contributed by atoms with Crippen LogP contribution in [0.4, 0.5) is 0 Å². The largest absolute Gasteiger partial charge is 0.306 e. The summed E-state index contributed by atoms with van der Waals surface area (Å²) in [6.07, 6.45) is 6.30. The highest BCUT2D eigenvalue weighted by atomic mass is 15.4. The maximum Gasteiger partial charge on any atom is 0.0965 e. The van der Waals surface area contributed by atoms with Gasteiger partial charge in [-0.05, 0) is 46.6 Å². The fourth-order valence-electron chi connectivity index (χ4n) is 2.37. The van der Waals surface area contributed by atoms with E-state index in [4.69, 9.17) is 0 Å². The SMILES string of the molecule is CN(CCn1cc(CNC(C)(C)C)nn1)CC1CCC1. The van der Waals surface area contributed by atoms with Gasteiger partial charge in [-0.3, -0.25) is 4.68 Å². The molecule has 1 N–H and O–H groups in total. The smallest absolute Gasteiger partial charge is 0.0965 e. The van der Waals surface area contributed by atoms with Crippen LogP contribution in [0.2, 0.25) is 0 Å². The lowest BCUT2D eigenvalue weighted by Gasteiger charge is -2.30. The lowest BCUT2D eigenvalue weighted by Crippen LogP contribution is -2.35. The first-order chi connectivity index (χ1) is 9.42. The van der Waals surface area contributed by atoms with Crippen molar-refractivity contribution in [1.29, 1.82) is 0 Å². The normalized spacial score (nSPS) is 16.6. The number of rotatable bonds is 7. The molecule has 0 aliphatic heterocycles. The third-order valence-electron chi connectivity index (χ3n) is 3.89. The molecular weight excluding hydrogens is 250 g/mol. The summed E-state index contributed by atoms with van der Waals surface area (Å²) in [5.74, 6) is 0.933. The van der Waals surface area contributed by atoms with Gasteiger partial charge in [0.05, 0.1) is 12.2 Å². The Hall–Kier alpha value is -0.940. The molecule has 1 aromatic rings. The van der Waals surface area contributed by atoms with Crippen LogP contribution in [0.15, 0.2) is 6.20 Å². The third kappa shape index (κ3) is 5.21. The van der Waals surface area contributed by atoms with Crippen molar-refractivity contribution in [2.24, 2.45) is 5.92 Å². The zero-order chi connectivity index (χ0) is 14.6. The molecule has 0 radical (unpaired) electrons. The first-order valence-electron chi connectivity index (χ1n) is 7.75. The van der Waals surface area contributed by atoms with E-state index in [0.717, 1.165) is 31.2 Å². The predicted molar refractivity (Wildman–Crippen MR) is 81.5 cm³/mol. The van der Waals surface area contributed by atoms with Gasteiger partial charge in [0.2, 0.25) is 0 Å². The second-order valence-corrected chi connectivity index (χ2v) is 7.14. The minimum atomic E-state index is 0.118. The van der Waals surface area contributed by atoms with Gasteiger partial charge in [0.15, 0.2) is 0 Å². The van der Waals surface area contributed by atoms with Crippen LogP contribution in [0.3, 0.4) is 0 Å². The maximum absolute atomic E-state index is 4.22. The molecule has 5 nitrogen and oxygen atoms in total. The number of nitrogens with zero attached hydrogens (tertiary/aromatic N) is 4. The van der Waals surface area contributed by atoms with Crippen LogP contribution < -0.4 is 5.32 Å². The number of hydrogen-bond donors (Lipinski definition) is 1. The lowest BCUT2D eigenvalue weighted by molar-refractivity contribution is 0.199. The average molecular weight is 279 g/mol.